The summed E-state index contributed by atoms with van der Waals surface area (Å²) < 4.78 is 5.37. The van der Waals surface area contributed by atoms with Crippen LogP contribution < -0.4 is 21.6 Å². The van der Waals surface area contributed by atoms with E-state index >= 15 is 0 Å². The molecule has 1 aromatic rings. The summed E-state index contributed by atoms with van der Waals surface area (Å²) in [6.07, 6.45) is 0. The van der Waals surface area contributed by atoms with E-state index in [1.54, 1.807) is 12.1 Å². The Morgan fingerprint density at radius 1 is 1.40 bits per heavy atom. The third kappa shape index (κ3) is 4.42. The number of nitrogens with zero attached hydrogens (tertiary/aromatic N) is 1. The predicted molar refractivity (Wildman–Crippen MR) is 60.8 cm³/mol. The van der Waals surface area contributed by atoms with Gasteiger partial charge < -0.3 is 21.6 Å². The second kappa shape index (κ2) is 5.98. The highest BCUT2D eigenvalue weighted by atomic mass is 35.5. The maximum atomic E-state index is 5.87. The summed E-state index contributed by atoms with van der Waals surface area (Å²) in [5.74, 6) is 0.637. The van der Waals surface area contributed by atoms with E-state index < -0.39 is 0 Å². The standard InChI is InChI=1S/C9H13ClN4O/c10-7-3-1-2-4-8(7)15-6-5-13-14-9(11)12/h1-4,13H,5-6H2,(H4,11,12,14). The van der Waals surface area contributed by atoms with E-state index in [4.69, 9.17) is 27.8 Å². The van der Waals surface area contributed by atoms with Gasteiger partial charge in [-0.15, -0.1) is 5.10 Å². The van der Waals surface area contributed by atoms with Crippen LogP contribution in [0, 0.1) is 0 Å². The van der Waals surface area contributed by atoms with Crippen LogP contribution in [0.3, 0.4) is 0 Å². The summed E-state index contributed by atoms with van der Waals surface area (Å²) in [6.45, 7) is 0.934. The van der Waals surface area contributed by atoms with Gasteiger partial charge in [-0.1, -0.05) is 23.7 Å². The van der Waals surface area contributed by atoms with E-state index in [9.17, 15) is 0 Å². The normalized spacial score (nSPS) is 9.40. The summed E-state index contributed by atoms with van der Waals surface area (Å²) >= 11 is 5.87. The van der Waals surface area contributed by atoms with E-state index in [2.05, 4.69) is 10.5 Å². The van der Waals surface area contributed by atoms with E-state index in [-0.39, 0.29) is 5.96 Å². The number of guanidine groups is 1. The first-order valence-electron chi connectivity index (χ1n) is 4.39. The maximum absolute atomic E-state index is 5.87. The molecule has 0 aliphatic heterocycles. The molecule has 1 rings (SSSR count). The van der Waals surface area contributed by atoms with E-state index in [0.717, 1.165) is 0 Å². The molecule has 0 atom stereocenters. The lowest BCUT2D eigenvalue weighted by Crippen LogP contribution is -2.27. The average molecular weight is 229 g/mol. The van der Waals surface area contributed by atoms with Crippen LogP contribution in [0.25, 0.3) is 0 Å². The minimum Gasteiger partial charge on any atom is -0.490 e. The van der Waals surface area contributed by atoms with Gasteiger partial charge in [0.05, 0.1) is 11.6 Å². The molecule has 5 nitrogen and oxygen atoms in total. The third-order valence-electron chi connectivity index (χ3n) is 1.52. The van der Waals surface area contributed by atoms with Crippen LogP contribution in [0.4, 0.5) is 0 Å². The van der Waals surface area contributed by atoms with Gasteiger partial charge in [-0.05, 0) is 12.1 Å². The number of benzene rings is 1. The second-order valence-corrected chi connectivity index (χ2v) is 3.13. The Kier molecular flexibility index (Phi) is 4.56. The molecular formula is C9H13ClN4O. The molecule has 0 heterocycles. The number of hydrogen-bond acceptors (Lipinski definition) is 3. The fourth-order valence-electron chi connectivity index (χ4n) is 0.916. The summed E-state index contributed by atoms with van der Waals surface area (Å²) in [4.78, 5) is 0. The van der Waals surface area contributed by atoms with Crippen molar-refractivity contribution in [2.75, 3.05) is 13.2 Å². The van der Waals surface area contributed by atoms with Crippen molar-refractivity contribution in [1.82, 2.24) is 5.43 Å². The monoisotopic (exact) mass is 228 g/mol. The largest absolute Gasteiger partial charge is 0.490 e. The summed E-state index contributed by atoms with van der Waals surface area (Å²) in [7, 11) is 0. The molecule has 15 heavy (non-hydrogen) atoms. The highest BCUT2D eigenvalue weighted by Crippen LogP contribution is 2.22. The van der Waals surface area contributed by atoms with Gasteiger partial charge in [0.15, 0.2) is 0 Å². The molecular weight excluding hydrogens is 216 g/mol. The number of nitrogens with one attached hydrogen (secondary N) is 1. The van der Waals surface area contributed by atoms with Crippen LogP contribution >= 0.6 is 11.6 Å². The van der Waals surface area contributed by atoms with E-state index in [0.29, 0.717) is 23.9 Å². The quantitative estimate of drug-likeness (QED) is 0.297. The van der Waals surface area contributed by atoms with Crippen LogP contribution in [-0.2, 0) is 0 Å². The lowest BCUT2D eigenvalue weighted by molar-refractivity contribution is 0.315. The minimum absolute atomic E-state index is 0.00672. The van der Waals surface area contributed by atoms with Gasteiger partial charge in [0.25, 0.3) is 0 Å². The van der Waals surface area contributed by atoms with Crippen molar-refractivity contribution in [1.29, 1.82) is 0 Å². The highest BCUT2D eigenvalue weighted by Gasteiger charge is 1.97. The van der Waals surface area contributed by atoms with Crippen molar-refractivity contribution in [3.63, 3.8) is 0 Å². The van der Waals surface area contributed by atoms with Gasteiger partial charge in [-0.25, -0.2) is 0 Å². The first-order valence-corrected chi connectivity index (χ1v) is 4.77. The first kappa shape index (κ1) is 11.5. The molecule has 5 N–H and O–H groups in total. The van der Waals surface area contributed by atoms with Crippen LogP contribution in [0.5, 0.6) is 5.75 Å². The molecule has 0 spiro atoms. The van der Waals surface area contributed by atoms with Crippen molar-refractivity contribution in [2.24, 2.45) is 16.6 Å². The topological polar surface area (TPSA) is 85.7 Å². The number of hydrazone groups is 1. The Hall–Kier alpha value is -1.62. The zero-order valence-electron chi connectivity index (χ0n) is 8.11. The van der Waals surface area contributed by atoms with Gasteiger partial charge in [-0.3, -0.25) is 0 Å². The third-order valence-corrected chi connectivity index (χ3v) is 1.83. The Morgan fingerprint density at radius 2 is 2.13 bits per heavy atom. The number of halogens is 1. The fourth-order valence-corrected chi connectivity index (χ4v) is 1.11. The fraction of sp³-hybridized carbons (Fsp3) is 0.222. The molecule has 0 amide bonds. The molecule has 0 aliphatic rings. The molecule has 0 aromatic heterocycles. The molecule has 0 radical (unpaired) electrons. The Labute approximate surface area is 93.0 Å². The first-order chi connectivity index (χ1) is 7.20. The molecule has 6 heteroatoms. The summed E-state index contributed by atoms with van der Waals surface area (Å²) in [6, 6.07) is 7.25. The van der Waals surface area contributed by atoms with Crippen LogP contribution in [0.1, 0.15) is 0 Å². The predicted octanol–water partition coefficient (Wildman–Crippen LogP) is 0.497. The molecule has 0 unspecified atom stereocenters. The highest BCUT2D eigenvalue weighted by molar-refractivity contribution is 6.32. The number of para-hydroxylation sites is 1. The molecule has 0 saturated heterocycles. The zero-order chi connectivity index (χ0) is 11.1. The van der Waals surface area contributed by atoms with Gasteiger partial charge in [0.2, 0.25) is 5.96 Å². The van der Waals surface area contributed by atoms with Gasteiger partial charge in [0.1, 0.15) is 12.4 Å². The number of rotatable bonds is 5. The Bertz CT molecular complexity index is 339. The van der Waals surface area contributed by atoms with Crippen molar-refractivity contribution in [3.8, 4) is 5.75 Å². The molecule has 1 aromatic carbocycles. The SMILES string of the molecule is NC(N)=NNCCOc1ccccc1Cl. The van der Waals surface area contributed by atoms with Crippen LogP contribution in [0.15, 0.2) is 29.4 Å². The van der Waals surface area contributed by atoms with Crippen molar-refractivity contribution < 1.29 is 4.74 Å². The van der Waals surface area contributed by atoms with Gasteiger partial charge >= 0.3 is 0 Å². The molecule has 0 fully saturated rings. The Balaban J connectivity index is 2.26. The number of ether oxygens (including phenoxy) is 1. The Morgan fingerprint density at radius 3 is 2.80 bits per heavy atom. The van der Waals surface area contributed by atoms with E-state index in [1.165, 1.54) is 0 Å². The number of hydrogen-bond donors (Lipinski definition) is 3. The lowest BCUT2D eigenvalue weighted by Gasteiger charge is -2.07. The molecule has 0 bridgehead atoms. The average Bonchev–Trinajstić information content (AvgIpc) is 2.20. The van der Waals surface area contributed by atoms with Crippen LogP contribution in [0.2, 0.25) is 5.02 Å². The van der Waals surface area contributed by atoms with Crippen molar-refractivity contribution in [3.05, 3.63) is 29.3 Å². The molecule has 82 valence electrons. The minimum atomic E-state index is -0.00672. The van der Waals surface area contributed by atoms with Gasteiger partial charge in [0, 0.05) is 0 Å². The van der Waals surface area contributed by atoms with Crippen molar-refractivity contribution >= 4 is 17.6 Å². The zero-order valence-corrected chi connectivity index (χ0v) is 8.87. The van der Waals surface area contributed by atoms with Gasteiger partial charge in [-0.2, -0.15) is 0 Å². The molecule has 0 saturated carbocycles. The summed E-state index contributed by atoms with van der Waals surface area (Å²) in [5, 5.41) is 4.17. The van der Waals surface area contributed by atoms with Crippen molar-refractivity contribution in [2.45, 2.75) is 0 Å². The van der Waals surface area contributed by atoms with Crippen LogP contribution in [-0.4, -0.2) is 19.1 Å². The van der Waals surface area contributed by atoms with E-state index in [1.807, 2.05) is 12.1 Å². The summed E-state index contributed by atoms with van der Waals surface area (Å²) in [5.41, 5.74) is 12.9. The second-order valence-electron chi connectivity index (χ2n) is 2.72. The maximum Gasteiger partial charge on any atom is 0.208 e. The molecule has 0 aliphatic carbocycles. The smallest absolute Gasteiger partial charge is 0.208 e. The number of nitrogens with two attached hydrogens (primary N) is 2. The lowest BCUT2D eigenvalue weighted by atomic mass is 10.3.